The van der Waals surface area contributed by atoms with Crippen LogP contribution in [0.3, 0.4) is 0 Å². The third kappa shape index (κ3) is 1.95. The maximum atomic E-state index is 10.1. The topological polar surface area (TPSA) is 41.3 Å². The van der Waals surface area contributed by atoms with Crippen molar-refractivity contribution in [3.8, 4) is 5.88 Å². The lowest BCUT2D eigenvalue weighted by Crippen LogP contribution is -2.25. The zero-order valence-corrected chi connectivity index (χ0v) is 12.7. The molecule has 0 spiro atoms. The summed E-state index contributed by atoms with van der Waals surface area (Å²) in [7, 11) is 1.76. The number of rotatable bonds is 1. The number of aryl methyl sites for hydroxylation is 3. The molecule has 0 saturated heterocycles. The summed E-state index contributed by atoms with van der Waals surface area (Å²) in [5.74, 6) is 1.08. The predicted molar refractivity (Wildman–Crippen MR) is 81.1 cm³/mol. The van der Waals surface area contributed by atoms with Crippen molar-refractivity contribution in [2.24, 2.45) is 7.05 Å². The molecule has 1 aromatic heterocycles. The van der Waals surface area contributed by atoms with Gasteiger partial charge in [0, 0.05) is 13.6 Å². The Morgan fingerprint density at radius 1 is 1.30 bits per heavy atom. The molecule has 3 rings (SSSR count). The number of hydrogen-bond donors (Lipinski definition) is 1. The van der Waals surface area contributed by atoms with Gasteiger partial charge < -0.3 is 10.0 Å². The van der Waals surface area contributed by atoms with Gasteiger partial charge in [0.15, 0.2) is 5.82 Å². The summed E-state index contributed by atoms with van der Waals surface area (Å²) in [6.07, 6.45) is 1.84. The van der Waals surface area contributed by atoms with E-state index in [1.165, 1.54) is 4.68 Å². The Hall–Kier alpha value is -1.68. The molecule has 0 fully saturated rings. The molecular formula is C15H18ClN3O. The third-order valence-corrected chi connectivity index (χ3v) is 4.11. The first-order chi connectivity index (χ1) is 9.49. The number of fused-ring (bicyclic) bond motifs is 1. The first kappa shape index (κ1) is 13.3. The van der Waals surface area contributed by atoms with Gasteiger partial charge in [0.05, 0.1) is 16.3 Å². The fraction of sp³-hybridized carbons (Fsp3) is 0.400. The third-order valence-electron chi connectivity index (χ3n) is 3.82. The second-order valence-corrected chi connectivity index (χ2v) is 5.82. The molecule has 0 amide bonds. The molecule has 1 aromatic carbocycles. The fourth-order valence-electron chi connectivity index (χ4n) is 2.97. The van der Waals surface area contributed by atoms with Crippen molar-refractivity contribution in [3.63, 3.8) is 0 Å². The molecule has 4 nitrogen and oxygen atoms in total. The standard InChI is InChI=1S/C15H18ClN3O/c1-9-7-10(2)13(12(16)8-9)19-6-4-5-11-14(19)17-18(3)15(11)20/h7-8,20H,4-6H2,1-3H3. The number of nitrogens with zero attached hydrogens (tertiary/aromatic N) is 3. The molecule has 2 aromatic rings. The Morgan fingerprint density at radius 3 is 2.75 bits per heavy atom. The van der Waals surface area contributed by atoms with Gasteiger partial charge in [-0.25, -0.2) is 4.68 Å². The number of benzene rings is 1. The van der Waals surface area contributed by atoms with Crippen LogP contribution in [0.15, 0.2) is 12.1 Å². The monoisotopic (exact) mass is 291 g/mol. The molecule has 1 aliphatic heterocycles. The molecule has 5 heteroatoms. The van der Waals surface area contributed by atoms with Crippen molar-refractivity contribution in [2.75, 3.05) is 11.4 Å². The molecule has 1 aliphatic rings. The average Bonchev–Trinajstić information content (AvgIpc) is 2.66. The number of aromatic hydroxyl groups is 1. The first-order valence-corrected chi connectivity index (χ1v) is 7.16. The van der Waals surface area contributed by atoms with Crippen LogP contribution < -0.4 is 4.90 Å². The molecule has 20 heavy (non-hydrogen) atoms. The van der Waals surface area contributed by atoms with E-state index in [0.29, 0.717) is 0 Å². The van der Waals surface area contributed by atoms with Gasteiger partial charge in [-0.1, -0.05) is 17.7 Å². The molecule has 0 bridgehead atoms. The second-order valence-electron chi connectivity index (χ2n) is 5.42. The summed E-state index contributed by atoms with van der Waals surface area (Å²) < 4.78 is 1.53. The van der Waals surface area contributed by atoms with E-state index in [4.69, 9.17) is 11.6 Å². The molecule has 0 atom stereocenters. The van der Waals surface area contributed by atoms with Crippen LogP contribution in [0.25, 0.3) is 0 Å². The van der Waals surface area contributed by atoms with Gasteiger partial charge in [-0.05, 0) is 43.9 Å². The van der Waals surface area contributed by atoms with Crippen LogP contribution >= 0.6 is 11.6 Å². The highest BCUT2D eigenvalue weighted by atomic mass is 35.5. The van der Waals surface area contributed by atoms with E-state index < -0.39 is 0 Å². The average molecular weight is 292 g/mol. The van der Waals surface area contributed by atoms with Crippen molar-refractivity contribution in [2.45, 2.75) is 26.7 Å². The minimum atomic E-state index is 0.255. The number of halogens is 1. The van der Waals surface area contributed by atoms with Crippen LogP contribution in [-0.2, 0) is 13.5 Å². The van der Waals surface area contributed by atoms with Gasteiger partial charge in [0.25, 0.3) is 0 Å². The van der Waals surface area contributed by atoms with Crippen molar-refractivity contribution in [3.05, 3.63) is 33.8 Å². The number of hydrogen-bond acceptors (Lipinski definition) is 3. The minimum absolute atomic E-state index is 0.255. The Morgan fingerprint density at radius 2 is 2.05 bits per heavy atom. The predicted octanol–water partition coefficient (Wildman–Crippen LogP) is 3.48. The van der Waals surface area contributed by atoms with Crippen LogP contribution in [0.2, 0.25) is 5.02 Å². The van der Waals surface area contributed by atoms with Crippen LogP contribution in [0.5, 0.6) is 5.88 Å². The van der Waals surface area contributed by atoms with Gasteiger partial charge in [-0.3, -0.25) is 0 Å². The Bertz CT molecular complexity index is 655. The summed E-state index contributed by atoms with van der Waals surface area (Å²) in [6, 6.07) is 4.10. The largest absolute Gasteiger partial charge is 0.493 e. The molecule has 2 heterocycles. The van der Waals surface area contributed by atoms with Crippen LogP contribution in [0.4, 0.5) is 11.5 Å². The van der Waals surface area contributed by atoms with E-state index in [0.717, 1.165) is 52.6 Å². The number of anilines is 2. The maximum absolute atomic E-state index is 10.1. The summed E-state index contributed by atoms with van der Waals surface area (Å²) in [5, 5.41) is 15.3. The van der Waals surface area contributed by atoms with Crippen LogP contribution in [-0.4, -0.2) is 21.4 Å². The molecule has 0 unspecified atom stereocenters. The summed E-state index contributed by atoms with van der Waals surface area (Å²) >= 11 is 6.44. The quantitative estimate of drug-likeness (QED) is 0.874. The lowest BCUT2D eigenvalue weighted by atomic mass is 10.0. The molecule has 0 radical (unpaired) electrons. The Balaban J connectivity index is 2.16. The molecular weight excluding hydrogens is 274 g/mol. The Labute approximate surface area is 123 Å². The SMILES string of the molecule is Cc1cc(C)c(N2CCCc3c2nn(C)c3O)c(Cl)c1. The zero-order valence-electron chi connectivity index (χ0n) is 11.9. The number of aromatic nitrogens is 2. The summed E-state index contributed by atoms with van der Waals surface area (Å²) in [5.41, 5.74) is 4.19. The van der Waals surface area contributed by atoms with Crippen molar-refractivity contribution >= 4 is 23.1 Å². The molecule has 1 N–H and O–H groups in total. The molecule has 0 saturated carbocycles. The van der Waals surface area contributed by atoms with Gasteiger partial charge >= 0.3 is 0 Å². The lowest BCUT2D eigenvalue weighted by Gasteiger charge is -2.29. The fourth-order valence-corrected chi connectivity index (χ4v) is 3.40. The highest BCUT2D eigenvalue weighted by Gasteiger charge is 2.27. The van der Waals surface area contributed by atoms with Crippen LogP contribution in [0, 0.1) is 13.8 Å². The smallest absolute Gasteiger partial charge is 0.214 e. The zero-order chi connectivity index (χ0) is 14.4. The van der Waals surface area contributed by atoms with Gasteiger partial charge in [0.2, 0.25) is 5.88 Å². The van der Waals surface area contributed by atoms with E-state index in [9.17, 15) is 5.11 Å². The first-order valence-electron chi connectivity index (χ1n) is 6.78. The minimum Gasteiger partial charge on any atom is -0.493 e. The highest BCUT2D eigenvalue weighted by Crippen LogP contribution is 2.41. The highest BCUT2D eigenvalue weighted by molar-refractivity contribution is 6.33. The maximum Gasteiger partial charge on any atom is 0.214 e. The van der Waals surface area contributed by atoms with Crippen LogP contribution in [0.1, 0.15) is 23.1 Å². The summed E-state index contributed by atoms with van der Waals surface area (Å²) in [4.78, 5) is 2.12. The van der Waals surface area contributed by atoms with E-state index in [2.05, 4.69) is 23.0 Å². The van der Waals surface area contributed by atoms with E-state index in [1.54, 1.807) is 7.05 Å². The van der Waals surface area contributed by atoms with Crippen molar-refractivity contribution < 1.29 is 5.11 Å². The summed E-state index contributed by atoms with van der Waals surface area (Å²) in [6.45, 7) is 4.97. The second kappa shape index (κ2) is 4.70. The molecule has 0 aliphatic carbocycles. The van der Waals surface area contributed by atoms with E-state index >= 15 is 0 Å². The van der Waals surface area contributed by atoms with E-state index in [1.807, 2.05) is 13.0 Å². The lowest BCUT2D eigenvalue weighted by molar-refractivity contribution is 0.413. The van der Waals surface area contributed by atoms with Crippen molar-refractivity contribution in [1.82, 2.24) is 9.78 Å². The van der Waals surface area contributed by atoms with Gasteiger partial charge in [-0.2, -0.15) is 5.10 Å². The normalized spacial score (nSPS) is 14.5. The molecule has 106 valence electrons. The van der Waals surface area contributed by atoms with Gasteiger partial charge in [0.1, 0.15) is 0 Å². The Kier molecular flexibility index (Phi) is 3.13. The van der Waals surface area contributed by atoms with Gasteiger partial charge in [-0.15, -0.1) is 0 Å². The van der Waals surface area contributed by atoms with Crippen molar-refractivity contribution in [1.29, 1.82) is 0 Å². The van der Waals surface area contributed by atoms with E-state index in [-0.39, 0.29) is 5.88 Å².